The van der Waals surface area contributed by atoms with Crippen LogP contribution < -0.4 is 16.0 Å². The Balaban J connectivity index is 1.94. The fourth-order valence-corrected chi connectivity index (χ4v) is 2.09. The Bertz CT molecular complexity index is 758. The molecule has 0 spiro atoms. The first-order valence-electron chi connectivity index (χ1n) is 7.33. The summed E-state index contributed by atoms with van der Waals surface area (Å²) in [6, 6.07) is 11.3. The first-order chi connectivity index (χ1) is 11.8. The maximum Gasteiger partial charge on any atom is 0.418 e. The fraction of sp³-hybridized carbons (Fsp3) is 0.176. The van der Waals surface area contributed by atoms with Gasteiger partial charge in [0.05, 0.1) is 17.8 Å². The molecule has 0 saturated carbocycles. The molecule has 3 N–H and O–H groups in total. The lowest BCUT2D eigenvalue weighted by molar-refractivity contribution is -0.137. The molecule has 0 saturated heterocycles. The molecule has 5 nitrogen and oxygen atoms in total. The normalized spacial score (nSPS) is 10.9. The molecule has 8 heteroatoms. The Labute approximate surface area is 142 Å². The second kappa shape index (κ2) is 7.69. The van der Waals surface area contributed by atoms with Crippen molar-refractivity contribution in [1.82, 2.24) is 0 Å². The second-order valence-corrected chi connectivity index (χ2v) is 5.20. The van der Waals surface area contributed by atoms with Crippen LogP contribution in [0.25, 0.3) is 0 Å². The van der Waals surface area contributed by atoms with Crippen LogP contribution in [0.5, 0.6) is 0 Å². The summed E-state index contributed by atoms with van der Waals surface area (Å²) in [5, 5.41) is 7.64. The summed E-state index contributed by atoms with van der Waals surface area (Å²) in [5.74, 6) is -0.814. The van der Waals surface area contributed by atoms with E-state index in [-0.39, 0.29) is 18.1 Å². The largest absolute Gasteiger partial charge is 0.418 e. The number of benzene rings is 2. The Morgan fingerprint density at radius 1 is 0.920 bits per heavy atom. The molecular weight excluding hydrogens is 335 g/mol. The number of para-hydroxylation sites is 1. The van der Waals surface area contributed by atoms with Crippen LogP contribution in [0.1, 0.15) is 12.5 Å². The first-order valence-corrected chi connectivity index (χ1v) is 7.33. The van der Waals surface area contributed by atoms with Crippen molar-refractivity contribution in [2.75, 3.05) is 22.5 Å². The maximum absolute atomic E-state index is 12.9. The van der Waals surface area contributed by atoms with Gasteiger partial charge >= 0.3 is 6.18 Å². The molecule has 0 unspecified atom stereocenters. The molecule has 0 fully saturated rings. The topological polar surface area (TPSA) is 70.2 Å². The van der Waals surface area contributed by atoms with Crippen molar-refractivity contribution >= 4 is 28.9 Å². The lowest BCUT2D eigenvalue weighted by Crippen LogP contribution is -2.23. The number of hydrogen-bond acceptors (Lipinski definition) is 3. The standard InChI is InChI=1S/C17H16F3N3O2/c1-11(24)22-13-8-6-12(7-9-13)21-10-16(25)23-15-5-3-2-4-14(15)17(18,19)20/h2-9,21H,10H2,1H3,(H,22,24)(H,23,25). The molecule has 0 aromatic heterocycles. The van der Waals surface area contributed by atoms with E-state index in [0.717, 1.165) is 6.07 Å². The molecule has 0 heterocycles. The third-order valence-electron chi connectivity index (χ3n) is 3.16. The minimum Gasteiger partial charge on any atom is -0.376 e. The zero-order chi connectivity index (χ0) is 18.4. The maximum atomic E-state index is 12.9. The van der Waals surface area contributed by atoms with Gasteiger partial charge in [-0.3, -0.25) is 9.59 Å². The van der Waals surface area contributed by atoms with Gasteiger partial charge in [-0.25, -0.2) is 0 Å². The van der Waals surface area contributed by atoms with E-state index in [1.165, 1.54) is 25.1 Å². The van der Waals surface area contributed by atoms with Gasteiger partial charge in [-0.15, -0.1) is 0 Å². The highest BCUT2D eigenvalue weighted by Gasteiger charge is 2.33. The second-order valence-electron chi connectivity index (χ2n) is 5.20. The van der Waals surface area contributed by atoms with Crippen LogP contribution in [0.2, 0.25) is 0 Å². The molecule has 0 aliphatic heterocycles. The Hall–Kier alpha value is -3.03. The van der Waals surface area contributed by atoms with Gasteiger partial charge < -0.3 is 16.0 Å². The van der Waals surface area contributed by atoms with E-state index in [0.29, 0.717) is 11.4 Å². The minimum atomic E-state index is -4.54. The Morgan fingerprint density at radius 3 is 2.12 bits per heavy atom. The molecule has 0 aliphatic carbocycles. The zero-order valence-electron chi connectivity index (χ0n) is 13.3. The smallest absolute Gasteiger partial charge is 0.376 e. The lowest BCUT2D eigenvalue weighted by Gasteiger charge is -2.14. The number of nitrogens with one attached hydrogen (secondary N) is 3. The van der Waals surface area contributed by atoms with Crippen LogP contribution in [-0.4, -0.2) is 18.4 Å². The number of alkyl halides is 3. The van der Waals surface area contributed by atoms with E-state index in [2.05, 4.69) is 16.0 Å². The van der Waals surface area contributed by atoms with Crippen molar-refractivity contribution in [2.24, 2.45) is 0 Å². The molecule has 2 rings (SSSR count). The summed E-state index contributed by atoms with van der Waals surface area (Å²) in [6.07, 6.45) is -4.54. The van der Waals surface area contributed by atoms with Crippen LogP contribution >= 0.6 is 0 Å². The van der Waals surface area contributed by atoms with E-state index in [4.69, 9.17) is 0 Å². The average Bonchev–Trinajstić information content (AvgIpc) is 2.53. The number of carbonyl (C=O) groups is 2. The summed E-state index contributed by atoms with van der Waals surface area (Å²) in [7, 11) is 0. The summed E-state index contributed by atoms with van der Waals surface area (Å²) < 4.78 is 38.6. The predicted molar refractivity (Wildman–Crippen MR) is 89.3 cm³/mol. The number of rotatable bonds is 5. The summed E-state index contributed by atoms with van der Waals surface area (Å²) in [4.78, 5) is 22.8. The molecule has 132 valence electrons. The SMILES string of the molecule is CC(=O)Nc1ccc(NCC(=O)Nc2ccccc2C(F)(F)F)cc1. The van der Waals surface area contributed by atoms with Crippen molar-refractivity contribution in [3.63, 3.8) is 0 Å². The highest BCUT2D eigenvalue weighted by atomic mass is 19.4. The van der Waals surface area contributed by atoms with Crippen LogP contribution in [0, 0.1) is 0 Å². The number of carbonyl (C=O) groups excluding carboxylic acids is 2. The highest BCUT2D eigenvalue weighted by Crippen LogP contribution is 2.34. The third kappa shape index (κ3) is 5.52. The van der Waals surface area contributed by atoms with Crippen molar-refractivity contribution in [3.8, 4) is 0 Å². The van der Waals surface area contributed by atoms with Gasteiger partial charge in [0.15, 0.2) is 0 Å². The lowest BCUT2D eigenvalue weighted by atomic mass is 10.1. The molecule has 0 bridgehead atoms. The number of anilines is 3. The van der Waals surface area contributed by atoms with Crippen LogP contribution in [0.4, 0.5) is 30.2 Å². The van der Waals surface area contributed by atoms with Crippen molar-refractivity contribution < 1.29 is 22.8 Å². The Kier molecular flexibility index (Phi) is 5.63. The quantitative estimate of drug-likeness (QED) is 0.769. The van der Waals surface area contributed by atoms with Gasteiger partial charge in [0, 0.05) is 18.3 Å². The Morgan fingerprint density at radius 2 is 1.52 bits per heavy atom. The molecular formula is C17H16F3N3O2. The molecule has 0 aliphatic rings. The molecule has 0 atom stereocenters. The summed E-state index contributed by atoms with van der Waals surface area (Å²) >= 11 is 0. The number of hydrogen-bond donors (Lipinski definition) is 3. The summed E-state index contributed by atoms with van der Waals surface area (Å²) in [5.41, 5.74) is 0.000723. The van der Waals surface area contributed by atoms with Gasteiger partial charge in [-0.05, 0) is 36.4 Å². The van der Waals surface area contributed by atoms with Gasteiger partial charge in [-0.2, -0.15) is 13.2 Å². The monoisotopic (exact) mass is 351 g/mol. The first kappa shape index (κ1) is 18.3. The van der Waals surface area contributed by atoms with Gasteiger partial charge in [-0.1, -0.05) is 12.1 Å². The van der Waals surface area contributed by atoms with Gasteiger partial charge in [0.1, 0.15) is 0 Å². The highest BCUT2D eigenvalue weighted by molar-refractivity contribution is 5.94. The van der Waals surface area contributed by atoms with E-state index in [1.807, 2.05) is 0 Å². The zero-order valence-corrected chi connectivity index (χ0v) is 13.3. The van der Waals surface area contributed by atoms with E-state index in [1.54, 1.807) is 24.3 Å². The van der Waals surface area contributed by atoms with Crippen LogP contribution in [0.3, 0.4) is 0 Å². The predicted octanol–water partition coefficient (Wildman–Crippen LogP) is 3.71. The number of halogens is 3. The molecule has 2 aromatic carbocycles. The van der Waals surface area contributed by atoms with Gasteiger partial charge in [0.2, 0.25) is 11.8 Å². The number of amides is 2. The summed E-state index contributed by atoms with van der Waals surface area (Å²) in [6.45, 7) is 1.18. The van der Waals surface area contributed by atoms with E-state index < -0.39 is 17.6 Å². The van der Waals surface area contributed by atoms with E-state index >= 15 is 0 Å². The van der Waals surface area contributed by atoms with Gasteiger partial charge in [0.25, 0.3) is 0 Å². The fourth-order valence-electron chi connectivity index (χ4n) is 2.09. The van der Waals surface area contributed by atoms with Crippen molar-refractivity contribution in [3.05, 3.63) is 54.1 Å². The molecule has 0 radical (unpaired) electrons. The average molecular weight is 351 g/mol. The van der Waals surface area contributed by atoms with Crippen LogP contribution in [0.15, 0.2) is 48.5 Å². The molecule has 25 heavy (non-hydrogen) atoms. The van der Waals surface area contributed by atoms with Crippen LogP contribution in [-0.2, 0) is 15.8 Å². The minimum absolute atomic E-state index is 0.203. The van der Waals surface area contributed by atoms with Crippen molar-refractivity contribution in [1.29, 1.82) is 0 Å². The van der Waals surface area contributed by atoms with Crippen molar-refractivity contribution in [2.45, 2.75) is 13.1 Å². The molecule has 2 amide bonds. The molecule has 2 aromatic rings. The third-order valence-corrected chi connectivity index (χ3v) is 3.16. The van der Waals surface area contributed by atoms with E-state index in [9.17, 15) is 22.8 Å².